The Hall–Kier alpha value is -2.37. The van der Waals surface area contributed by atoms with Crippen molar-refractivity contribution in [2.45, 2.75) is 0 Å². The predicted octanol–water partition coefficient (Wildman–Crippen LogP) is 1.28. The van der Waals surface area contributed by atoms with Gasteiger partial charge in [-0.3, -0.25) is 4.79 Å². The molecule has 0 unspecified atom stereocenters. The predicted molar refractivity (Wildman–Crippen MR) is 55.7 cm³/mol. The Labute approximate surface area is 89.7 Å². The van der Waals surface area contributed by atoms with Gasteiger partial charge in [-0.05, 0) is 12.1 Å². The van der Waals surface area contributed by atoms with Crippen molar-refractivity contribution in [3.05, 3.63) is 46.8 Å². The van der Waals surface area contributed by atoms with E-state index in [0.29, 0.717) is 0 Å². The molecule has 0 aliphatic rings. The molecule has 6 heteroatoms. The average Bonchev–Trinajstić information content (AvgIpc) is 2.25. The molecule has 1 aromatic carbocycles. The summed E-state index contributed by atoms with van der Waals surface area (Å²) in [6.07, 6.45) is 2.69. The molecule has 0 radical (unpaired) electrons. The SMILES string of the molecule is Nc1ccc(Oc2ncc[nH]c2=O)c(F)c1. The van der Waals surface area contributed by atoms with Gasteiger partial charge in [-0.15, -0.1) is 0 Å². The first-order chi connectivity index (χ1) is 7.66. The highest BCUT2D eigenvalue weighted by atomic mass is 19.1. The van der Waals surface area contributed by atoms with E-state index in [-0.39, 0.29) is 17.3 Å². The van der Waals surface area contributed by atoms with Gasteiger partial charge in [-0.1, -0.05) is 0 Å². The van der Waals surface area contributed by atoms with Crippen LogP contribution in [-0.2, 0) is 0 Å². The van der Waals surface area contributed by atoms with E-state index in [1.807, 2.05) is 0 Å². The normalized spacial score (nSPS) is 10.1. The van der Waals surface area contributed by atoms with Crippen molar-refractivity contribution in [1.82, 2.24) is 9.97 Å². The number of nitrogens with two attached hydrogens (primary N) is 1. The third kappa shape index (κ3) is 2.00. The molecule has 2 aromatic rings. The minimum atomic E-state index is -0.648. The number of hydrogen-bond donors (Lipinski definition) is 2. The smallest absolute Gasteiger partial charge is 0.311 e. The lowest BCUT2D eigenvalue weighted by molar-refractivity contribution is 0.421. The van der Waals surface area contributed by atoms with Crippen LogP contribution in [0.3, 0.4) is 0 Å². The van der Waals surface area contributed by atoms with Crippen LogP contribution in [0.25, 0.3) is 0 Å². The molecule has 82 valence electrons. The summed E-state index contributed by atoms with van der Waals surface area (Å²) in [5.41, 5.74) is 5.12. The molecule has 0 aliphatic heterocycles. The Bertz CT molecular complexity index is 568. The standard InChI is InChI=1S/C10H8FN3O2/c11-7-5-6(12)1-2-8(7)16-10-9(15)13-3-4-14-10/h1-5H,12H2,(H,13,15). The molecule has 0 spiro atoms. The van der Waals surface area contributed by atoms with Crippen LogP contribution in [-0.4, -0.2) is 9.97 Å². The third-order valence-electron chi connectivity index (χ3n) is 1.84. The van der Waals surface area contributed by atoms with Gasteiger partial charge in [0.15, 0.2) is 11.6 Å². The maximum atomic E-state index is 13.3. The molecule has 1 heterocycles. The average molecular weight is 221 g/mol. The van der Waals surface area contributed by atoms with Gasteiger partial charge in [-0.2, -0.15) is 0 Å². The number of benzene rings is 1. The molecule has 0 atom stereocenters. The molecule has 1 aromatic heterocycles. The molecule has 0 bridgehead atoms. The maximum Gasteiger partial charge on any atom is 0.311 e. The van der Waals surface area contributed by atoms with Crippen LogP contribution in [0.2, 0.25) is 0 Å². The molecule has 0 fully saturated rings. The molecule has 0 amide bonds. The van der Waals surface area contributed by atoms with Gasteiger partial charge in [0.2, 0.25) is 0 Å². The molecule has 3 N–H and O–H groups in total. The number of halogens is 1. The number of rotatable bonds is 2. The second-order valence-corrected chi connectivity index (χ2v) is 3.02. The fraction of sp³-hybridized carbons (Fsp3) is 0. The van der Waals surface area contributed by atoms with Gasteiger partial charge in [0.05, 0.1) is 0 Å². The molecule has 0 aliphatic carbocycles. The lowest BCUT2D eigenvalue weighted by Gasteiger charge is -2.04. The number of H-pyrrole nitrogens is 1. The summed E-state index contributed by atoms with van der Waals surface area (Å²) in [6, 6.07) is 3.90. The van der Waals surface area contributed by atoms with E-state index in [4.69, 9.17) is 10.5 Å². The van der Waals surface area contributed by atoms with Gasteiger partial charge < -0.3 is 15.5 Å². The number of ether oxygens (including phenoxy) is 1. The summed E-state index contributed by atoms with van der Waals surface area (Å²) in [6.45, 7) is 0. The number of nitrogen functional groups attached to an aromatic ring is 1. The van der Waals surface area contributed by atoms with Crippen molar-refractivity contribution < 1.29 is 9.13 Å². The number of nitrogens with zero attached hydrogens (tertiary/aromatic N) is 1. The Morgan fingerprint density at radius 1 is 1.44 bits per heavy atom. The third-order valence-corrected chi connectivity index (χ3v) is 1.84. The first-order valence-electron chi connectivity index (χ1n) is 4.43. The molecule has 2 rings (SSSR count). The number of aromatic nitrogens is 2. The van der Waals surface area contributed by atoms with E-state index in [0.717, 1.165) is 6.07 Å². The highest BCUT2D eigenvalue weighted by Crippen LogP contribution is 2.22. The minimum Gasteiger partial charge on any atom is -0.432 e. The molecule has 0 saturated carbocycles. The van der Waals surface area contributed by atoms with Crippen molar-refractivity contribution in [1.29, 1.82) is 0 Å². The summed E-state index contributed by atoms with van der Waals surface area (Å²) in [5, 5.41) is 0. The second kappa shape index (κ2) is 4.01. The monoisotopic (exact) mass is 221 g/mol. The lowest BCUT2D eigenvalue weighted by atomic mass is 10.3. The highest BCUT2D eigenvalue weighted by Gasteiger charge is 2.08. The minimum absolute atomic E-state index is 0.0987. The van der Waals surface area contributed by atoms with Crippen LogP contribution >= 0.6 is 0 Å². The number of nitrogens with one attached hydrogen (secondary N) is 1. The van der Waals surface area contributed by atoms with Gasteiger partial charge in [0, 0.05) is 24.1 Å². The molecular formula is C10H8FN3O2. The summed E-state index contributed by atoms with van der Waals surface area (Å²) in [7, 11) is 0. The fourth-order valence-electron chi connectivity index (χ4n) is 1.12. The molecular weight excluding hydrogens is 213 g/mol. The fourth-order valence-corrected chi connectivity index (χ4v) is 1.12. The summed E-state index contributed by atoms with van der Waals surface area (Å²) in [4.78, 5) is 17.2. The Kier molecular flexibility index (Phi) is 2.55. The quantitative estimate of drug-likeness (QED) is 0.748. The largest absolute Gasteiger partial charge is 0.432 e. The van der Waals surface area contributed by atoms with Gasteiger partial charge in [-0.25, -0.2) is 9.37 Å². The lowest BCUT2D eigenvalue weighted by Crippen LogP contribution is -2.09. The topological polar surface area (TPSA) is 81.0 Å². The Balaban J connectivity index is 2.35. The van der Waals surface area contributed by atoms with E-state index >= 15 is 0 Å². The maximum absolute atomic E-state index is 13.3. The van der Waals surface area contributed by atoms with E-state index in [1.165, 1.54) is 24.5 Å². The molecule has 0 saturated heterocycles. The van der Waals surface area contributed by atoms with Crippen LogP contribution in [0.15, 0.2) is 35.4 Å². The molecule has 16 heavy (non-hydrogen) atoms. The zero-order valence-electron chi connectivity index (χ0n) is 8.11. The summed E-state index contributed by atoms with van der Waals surface area (Å²) < 4.78 is 18.3. The van der Waals surface area contributed by atoms with Gasteiger partial charge in [0.25, 0.3) is 5.88 Å². The van der Waals surface area contributed by atoms with Crippen LogP contribution < -0.4 is 16.0 Å². The van der Waals surface area contributed by atoms with E-state index in [1.54, 1.807) is 0 Å². The van der Waals surface area contributed by atoms with Crippen molar-refractivity contribution in [3.63, 3.8) is 0 Å². The van der Waals surface area contributed by atoms with Crippen molar-refractivity contribution in [3.8, 4) is 11.6 Å². The zero-order valence-corrected chi connectivity index (χ0v) is 8.11. The van der Waals surface area contributed by atoms with E-state index < -0.39 is 11.4 Å². The first-order valence-corrected chi connectivity index (χ1v) is 4.43. The zero-order chi connectivity index (χ0) is 11.5. The molecule has 5 nitrogen and oxygen atoms in total. The highest BCUT2D eigenvalue weighted by molar-refractivity contribution is 5.43. The summed E-state index contributed by atoms with van der Waals surface area (Å²) >= 11 is 0. The second-order valence-electron chi connectivity index (χ2n) is 3.02. The van der Waals surface area contributed by atoms with Crippen molar-refractivity contribution in [2.75, 3.05) is 5.73 Å². The number of anilines is 1. The number of aromatic amines is 1. The first kappa shape index (κ1) is 10.2. The Morgan fingerprint density at radius 2 is 2.25 bits per heavy atom. The van der Waals surface area contributed by atoms with E-state index in [9.17, 15) is 9.18 Å². The van der Waals surface area contributed by atoms with Crippen LogP contribution in [0, 0.1) is 5.82 Å². The van der Waals surface area contributed by atoms with Crippen LogP contribution in [0.1, 0.15) is 0 Å². The van der Waals surface area contributed by atoms with Gasteiger partial charge >= 0.3 is 5.56 Å². The van der Waals surface area contributed by atoms with Crippen molar-refractivity contribution >= 4 is 5.69 Å². The summed E-state index contributed by atoms with van der Waals surface area (Å²) in [5.74, 6) is -0.963. The van der Waals surface area contributed by atoms with Crippen LogP contribution in [0.5, 0.6) is 11.6 Å². The number of hydrogen-bond acceptors (Lipinski definition) is 4. The van der Waals surface area contributed by atoms with E-state index in [2.05, 4.69) is 9.97 Å². The van der Waals surface area contributed by atoms with Crippen molar-refractivity contribution in [2.24, 2.45) is 0 Å². The Morgan fingerprint density at radius 3 is 2.94 bits per heavy atom. The van der Waals surface area contributed by atoms with Gasteiger partial charge in [0.1, 0.15) is 0 Å². The van der Waals surface area contributed by atoms with Crippen LogP contribution in [0.4, 0.5) is 10.1 Å².